The van der Waals surface area contributed by atoms with Gasteiger partial charge in [-0.3, -0.25) is 14.4 Å². The summed E-state index contributed by atoms with van der Waals surface area (Å²) in [6.07, 6.45) is 0.853. The summed E-state index contributed by atoms with van der Waals surface area (Å²) in [5.74, 6) is -4.54. The van der Waals surface area contributed by atoms with Crippen molar-refractivity contribution in [3.05, 3.63) is 47.5 Å². The number of sulfonamides is 1. The fourth-order valence-corrected chi connectivity index (χ4v) is 6.36. The standard InChI is InChI=1S/C30H42N6O9S/c1-17-27(39)34-23(30(42)43)15-18-7-9-24(37)20(14-18)21-16-19(8-10-25(21)38)26(28(40)33-17)36(3)29(41)22(6-4-5-11-31)35-46(44,45)13-12-32-2/h7-10,14,16-17,22-23,26,32,35,37-38H,4-6,11-13,15,31H2,1-3H3,(H,33,40)(H,34,39)(H,42,43)/t17-,22-,23-,26-/m0/s1. The van der Waals surface area contributed by atoms with Crippen LogP contribution in [0.5, 0.6) is 11.5 Å². The number of nitrogens with one attached hydrogen (secondary N) is 4. The molecule has 15 nitrogen and oxygen atoms in total. The first kappa shape index (κ1) is 36.2. The average molecular weight is 663 g/mol. The first-order valence-corrected chi connectivity index (χ1v) is 16.4. The van der Waals surface area contributed by atoms with Gasteiger partial charge in [0.1, 0.15) is 35.7 Å². The van der Waals surface area contributed by atoms with Gasteiger partial charge in [0.05, 0.1) is 5.75 Å². The quantitative estimate of drug-likeness (QED) is 0.135. The van der Waals surface area contributed by atoms with Crippen molar-refractivity contribution in [1.29, 1.82) is 0 Å². The Hall–Kier alpha value is -4.25. The predicted octanol–water partition coefficient (Wildman–Crippen LogP) is -0.469. The maximum atomic E-state index is 14.0. The number of amides is 3. The average Bonchev–Trinajstić information content (AvgIpc) is 3.00. The fraction of sp³-hybridized carbons (Fsp3) is 0.467. The Morgan fingerprint density at radius 2 is 1.70 bits per heavy atom. The number of hydrogen-bond donors (Lipinski definition) is 8. The molecule has 0 aliphatic carbocycles. The molecule has 3 rings (SSSR count). The van der Waals surface area contributed by atoms with Crippen LogP contribution in [0.25, 0.3) is 11.1 Å². The van der Waals surface area contributed by atoms with Crippen LogP contribution < -0.4 is 26.4 Å². The highest BCUT2D eigenvalue weighted by atomic mass is 32.2. The minimum Gasteiger partial charge on any atom is -0.507 e. The largest absolute Gasteiger partial charge is 0.507 e. The van der Waals surface area contributed by atoms with E-state index < -0.39 is 57.9 Å². The number of nitrogens with zero attached hydrogens (tertiary/aromatic N) is 1. The summed E-state index contributed by atoms with van der Waals surface area (Å²) in [6.45, 7) is 1.80. The summed E-state index contributed by atoms with van der Waals surface area (Å²) in [4.78, 5) is 53.9. The van der Waals surface area contributed by atoms with Crippen LogP contribution in [0.1, 0.15) is 43.4 Å². The molecule has 0 spiro atoms. The van der Waals surface area contributed by atoms with Crippen LogP contribution in [-0.2, 0) is 35.6 Å². The van der Waals surface area contributed by atoms with Gasteiger partial charge in [-0.1, -0.05) is 18.6 Å². The monoisotopic (exact) mass is 662 g/mol. The summed E-state index contributed by atoms with van der Waals surface area (Å²) < 4.78 is 28.0. The van der Waals surface area contributed by atoms with Gasteiger partial charge in [0.15, 0.2) is 0 Å². The van der Waals surface area contributed by atoms with Crippen molar-refractivity contribution in [3.8, 4) is 22.6 Å². The molecule has 9 N–H and O–H groups in total. The Bertz CT molecular complexity index is 1550. The number of benzene rings is 2. The highest BCUT2D eigenvalue weighted by Crippen LogP contribution is 2.38. The highest BCUT2D eigenvalue weighted by Gasteiger charge is 2.36. The molecule has 4 bridgehead atoms. The van der Waals surface area contributed by atoms with Gasteiger partial charge in [-0.05, 0) is 68.8 Å². The normalized spacial score (nSPS) is 19.3. The molecule has 1 aliphatic rings. The summed E-state index contributed by atoms with van der Waals surface area (Å²) in [5, 5.41) is 39.0. The number of carboxylic acid groups (broad SMARTS) is 1. The van der Waals surface area contributed by atoms with Crippen molar-refractivity contribution in [2.24, 2.45) is 5.73 Å². The van der Waals surface area contributed by atoms with E-state index in [4.69, 9.17) is 5.73 Å². The molecule has 16 heteroatoms. The van der Waals surface area contributed by atoms with E-state index in [1.165, 1.54) is 50.4 Å². The molecule has 1 aliphatic heterocycles. The molecule has 0 saturated heterocycles. The van der Waals surface area contributed by atoms with Crippen molar-refractivity contribution >= 4 is 33.7 Å². The molecule has 0 aromatic heterocycles. The van der Waals surface area contributed by atoms with E-state index in [-0.39, 0.29) is 53.3 Å². The third-order valence-electron chi connectivity index (χ3n) is 7.66. The molecule has 3 amide bonds. The molecule has 4 atom stereocenters. The number of phenolic OH excluding ortho intramolecular Hbond substituents is 2. The minimum absolute atomic E-state index is 0.0868. The number of hydrogen-bond acceptors (Lipinski definition) is 10. The van der Waals surface area contributed by atoms with Crippen molar-refractivity contribution in [2.75, 3.05) is 32.9 Å². The smallest absolute Gasteiger partial charge is 0.326 e. The number of carboxylic acids is 1. The third kappa shape index (κ3) is 9.15. The van der Waals surface area contributed by atoms with Crippen LogP contribution in [0.4, 0.5) is 0 Å². The summed E-state index contributed by atoms with van der Waals surface area (Å²) in [7, 11) is -1.02. The van der Waals surface area contributed by atoms with Crippen LogP contribution >= 0.6 is 0 Å². The van der Waals surface area contributed by atoms with Crippen LogP contribution in [0.15, 0.2) is 36.4 Å². The molecule has 1 heterocycles. The van der Waals surface area contributed by atoms with Gasteiger partial charge < -0.3 is 41.9 Å². The Balaban J connectivity index is 2.15. The number of aliphatic carboxylic acids is 1. The Morgan fingerprint density at radius 3 is 2.33 bits per heavy atom. The molecule has 0 saturated carbocycles. The summed E-state index contributed by atoms with van der Waals surface area (Å²) in [5.41, 5.74) is 6.42. The number of nitrogens with two attached hydrogens (primary N) is 1. The number of rotatable bonds is 12. The Labute approximate surface area is 267 Å². The Kier molecular flexibility index (Phi) is 12.5. The number of fused-ring (bicyclic) bond motifs is 5. The zero-order chi connectivity index (χ0) is 34.2. The van der Waals surface area contributed by atoms with E-state index in [0.29, 0.717) is 24.9 Å². The zero-order valence-corrected chi connectivity index (χ0v) is 26.8. The summed E-state index contributed by atoms with van der Waals surface area (Å²) in [6, 6.07) is 2.99. The molecule has 0 radical (unpaired) electrons. The van der Waals surface area contributed by atoms with Gasteiger partial charge in [0.25, 0.3) is 0 Å². The second-order valence-electron chi connectivity index (χ2n) is 11.2. The second kappa shape index (κ2) is 15.8. The van der Waals surface area contributed by atoms with Crippen molar-refractivity contribution in [1.82, 2.24) is 25.6 Å². The van der Waals surface area contributed by atoms with Gasteiger partial charge >= 0.3 is 5.97 Å². The maximum absolute atomic E-state index is 14.0. The molecule has 46 heavy (non-hydrogen) atoms. The van der Waals surface area contributed by atoms with Gasteiger partial charge in [-0.15, -0.1) is 0 Å². The van der Waals surface area contributed by atoms with E-state index in [9.17, 15) is 42.9 Å². The maximum Gasteiger partial charge on any atom is 0.326 e. The number of unbranched alkanes of at least 4 members (excludes halogenated alkanes) is 1. The van der Waals surface area contributed by atoms with E-state index in [1.54, 1.807) is 7.05 Å². The van der Waals surface area contributed by atoms with E-state index in [2.05, 4.69) is 20.7 Å². The van der Waals surface area contributed by atoms with Crippen LogP contribution in [0.3, 0.4) is 0 Å². The number of carbonyl (C=O) groups excluding carboxylic acids is 3. The lowest BCUT2D eigenvalue weighted by atomic mass is 9.93. The molecule has 2 aromatic carbocycles. The molecule has 252 valence electrons. The lowest BCUT2D eigenvalue weighted by molar-refractivity contribution is -0.143. The molecular weight excluding hydrogens is 620 g/mol. The fourth-order valence-electron chi connectivity index (χ4n) is 5.12. The van der Waals surface area contributed by atoms with E-state index in [0.717, 1.165) is 4.90 Å². The Morgan fingerprint density at radius 1 is 1.04 bits per heavy atom. The minimum atomic E-state index is -3.92. The third-order valence-corrected chi connectivity index (χ3v) is 9.05. The van der Waals surface area contributed by atoms with E-state index >= 15 is 0 Å². The molecule has 0 unspecified atom stereocenters. The van der Waals surface area contributed by atoms with Crippen LogP contribution in [-0.4, -0.2) is 103 Å². The van der Waals surface area contributed by atoms with Crippen molar-refractivity contribution in [3.63, 3.8) is 0 Å². The first-order chi connectivity index (χ1) is 21.7. The SMILES string of the molecule is CNCCS(=O)(=O)N[C@@H](CCCCN)C(=O)N(C)[C@@H]1C(=O)N[C@@H](C)C(=O)N[C@H](C(=O)O)Cc2ccc(O)c(c2)-c2cc1ccc2O. The first-order valence-electron chi connectivity index (χ1n) is 14.8. The number of carbonyl (C=O) groups is 4. The van der Waals surface area contributed by atoms with E-state index in [1.807, 2.05) is 0 Å². The summed E-state index contributed by atoms with van der Waals surface area (Å²) >= 11 is 0. The van der Waals surface area contributed by atoms with Crippen molar-refractivity contribution < 1.29 is 42.9 Å². The highest BCUT2D eigenvalue weighted by molar-refractivity contribution is 7.89. The lowest BCUT2D eigenvalue weighted by Crippen LogP contribution is -2.55. The van der Waals surface area contributed by atoms with Crippen LogP contribution in [0.2, 0.25) is 0 Å². The second-order valence-corrected chi connectivity index (χ2v) is 13.1. The lowest BCUT2D eigenvalue weighted by Gasteiger charge is -2.32. The topological polar surface area (TPSA) is 240 Å². The molecule has 2 aromatic rings. The predicted molar refractivity (Wildman–Crippen MR) is 169 cm³/mol. The van der Waals surface area contributed by atoms with Gasteiger partial charge in [0.2, 0.25) is 27.7 Å². The number of phenols is 2. The van der Waals surface area contributed by atoms with Crippen LogP contribution in [0, 0.1) is 0 Å². The number of aromatic hydroxyl groups is 2. The van der Waals surface area contributed by atoms with Gasteiger partial charge in [0, 0.05) is 31.1 Å². The molecule has 0 fully saturated rings. The van der Waals surface area contributed by atoms with Gasteiger partial charge in [-0.25, -0.2) is 17.9 Å². The van der Waals surface area contributed by atoms with Crippen molar-refractivity contribution in [2.45, 2.75) is 56.8 Å². The zero-order valence-electron chi connectivity index (χ0n) is 25.9. The number of likely N-dealkylation sites (N-methyl/N-ethyl adjacent to an activating group) is 1. The van der Waals surface area contributed by atoms with Gasteiger partial charge in [-0.2, -0.15) is 0 Å². The molecular formula is C30H42N6O9S.